The summed E-state index contributed by atoms with van der Waals surface area (Å²) in [6.07, 6.45) is -0.939. The van der Waals surface area contributed by atoms with Crippen LogP contribution < -0.4 is 4.74 Å². The summed E-state index contributed by atoms with van der Waals surface area (Å²) in [7, 11) is 0. The number of alkyl halides is 3. The van der Waals surface area contributed by atoms with Crippen LogP contribution in [0.4, 0.5) is 13.2 Å². The second kappa shape index (κ2) is 6.71. The van der Waals surface area contributed by atoms with Gasteiger partial charge < -0.3 is 9.26 Å². The first kappa shape index (κ1) is 17.0. The number of aromatic nitrogens is 5. The maximum absolute atomic E-state index is 12.6. The molecule has 10 heteroatoms. The van der Waals surface area contributed by atoms with Gasteiger partial charge in [-0.1, -0.05) is 23.4 Å². The fourth-order valence-corrected chi connectivity index (χ4v) is 2.59. The molecule has 27 heavy (non-hydrogen) atoms. The Labute approximate surface area is 150 Å². The van der Waals surface area contributed by atoms with Crippen LogP contribution in [0.25, 0.3) is 22.3 Å². The van der Waals surface area contributed by atoms with Crippen molar-refractivity contribution in [2.75, 3.05) is 6.61 Å². The lowest BCUT2D eigenvalue weighted by Crippen LogP contribution is -2.05. The number of ether oxygens (including phenoxy) is 1. The molecule has 0 radical (unpaired) electrons. The summed E-state index contributed by atoms with van der Waals surface area (Å²) in [4.78, 5) is 7.40. The molecule has 0 amide bonds. The molecule has 0 aliphatic heterocycles. The van der Waals surface area contributed by atoms with Gasteiger partial charge in [0.1, 0.15) is 0 Å². The molecule has 3 aromatic heterocycles. The van der Waals surface area contributed by atoms with Gasteiger partial charge in [-0.2, -0.15) is 23.3 Å². The van der Waals surface area contributed by atoms with Crippen LogP contribution in [0.2, 0.25) is 0 Å². The molecule has 1 N–H and O–H groups in total. The summed E-state index contributed by atoms with van der Waals surface area (Å²) in [5.74, 6) is -1.33. The van der Waals surface area contributed by atoms with Crippen LogP contribution in [-0.2, 0) is 12.6 Å². The maximum Gasteiger partial charge on any atom is 0.471 e. The van der Waals surface area contributed by atoms with Gasteiger partial charge in [0, 0.05) is 29.6 Å². The number of fused-ring (bicyclic) bond motifs is 1. The second-order valence-corrected chi connectivity index (χ2v) is 5.65. The van der Waals surface area contributed by atoms with E-state index in [-0.39, 0.29) is 11.7 Å². The predicted molar refractivity (Wildman–Crippen MR) is 87.8 cm³/mol. The summed E-state index contributed by atoms with van der Waals surface area (Å²) in [5.41, 5.74) is 2.29. The van der Waals surface area contributed by atoms with Gasteiger partial charge in [-0.15, -0.1) is 0 Å². The summed E-state index contributed by atoms with van der Waals surface area (Å²) >= 11 is 0. The number of para-hydroxylation sites is 1. The van der Waals surface area contributed by atoms with E-state index in [4.69, 9.17) is 4.74 Å². The van der Waals surface area contributed by atoms with Gasteiger partial charge in [-0.05, 0) is 11.6 Å². The average Bonchev–Trinajstić information content (AvgIpc) is 3.31. The highest BCUT2D eigenvalue weighted by atomic mass is 19.4. The van der Waals surface area contributed by atoms with Gasteiger partial charge in [0.25, 0.3) is 0 Å². The van der Waals surface area contributed by atoms with Crippen LogP contribution in [-0.4, -0.2) is 31.9 Å². The minimum Gasteiger partial charge on any atom is -0.477 e. The van der Waals surface area contributed by atoms with Gasteiger partial charge in [-0.25, -0.2) is 4.98 Å². The molecular weight excluding hydrogens is 363 g/mol. The number of nitrogens with zero attached hydrogens (tertiary/aromatic N) is 4. The standard InChI is InChI=1S/C17H12F3N5O2/c18-17(19,20)16-23-15(25-27-16)11-4-6-21-13(8-11)26-7-5-10-2-1-3-12-9-22-24-14(10)12/h1-4,6,8-9H,5,7H2,(H,22,24). The number of aromatic amines is 1. The first-order chi connectivity index (χ1) is 13.0. The van der Waals surface area contributed by atoms with E-state index in [1.165, 1.54) is 18.3 Å². The monoisotopic (exact) mass is 375 g/mol. The summed E-state index contributed by atoms with van der Waals surface area (Å²) in [6.45, 7) is 0.328. The topological polar surface area (TPSA) is 89.7 Å². The fraction of sp³-hybridized carbons (Fsp3) is 0.176. The van der Waals surface area contributed by atoms with E-state index < -0.39 is 12.1 Å². The van der Waals surface area contributed by atoms with E-state index in [9.17, 15) is 13.2 Å². The minimum atomic E-state index is -4.69. The Balaban J connectivity index is 1.45. The van der Waals surface area contributed by atoms with E-state index in [0.717, 1.165) is 16.5 Å². The molecule has 4 aromatic rings. The highest BCUT2D eigenvalue weighted by Crippen LogP contribution is 2.29. The molecule has 0 saturated carbocycles. The van der Waals surface area contributed by atoms with Crippen molar-refractivity contribution in [1.82, 2.24) is 25.3 Å². The molecule has 0 unspecified atom stereocenters. The first-order valence-electron chi connectivity index (χ1n) is 7.92. The molecule has 0 aliphatic carbocycles. The molecule has 4 rings (SSSR count). The normalized spacial score (nSPS) is 11.8. The quantitative estimate of drug-likeness (QED) is 0.573. The second-order valence-electron chi connectivity index (χ2n) is 5.65. The van der Waals surface area contributed by atoms with Gasteiger partial charge in [-0.3, -0.25) is 5.10 Å². The Morgan fingerprint density at radius 2 is 2.07 bits per heavy atom. The van der Waals surface area contributed by atoms with E-state index in [2.05, 4.69) is 29.8 Å². The zero-order chi connectivity index (χ0) is 18.9. The molecule has 0 saturated heterocycles. The molecule has 0 fully saturated rings. The van der Waals surface area contributed by atoms with Crippen LogP contribution in [0.5, 0.6) is 5.88 Å². The number of nitrogens with one attached hydrogen (secondary N) is 1. The Hall–Kier alpha value is -3.43. The van der Waals surface area contributed by atoms with E-state index in [1.54, 1.807) is 6.20 Å². The maximum atomic E-state index is 12.6. The lowest BCUT2D eigenvalue weighted by molar-refractivity contribution is -0.159. The molecule has 1 aromatic carbocycles. The van der Waals surface area contributed by atoms with E-state index >= 15 is 0 Å². The third kappa shape index (κ3) is 3.59. The molecule has 0 aliphatic rings. The van der Waals surface area contributed by atoms with Crippen molar-refractivity contribution in [3.8, 4) is 17.3 Å². The van der Waals surface area contributed by atoms with Crippen LogP contribution in [0.3, 0.4) is 0 Å². The van der Waals surface area contributed by atoms with Crippen molar-refractivity contribution in [2.24, 2.45) is 0 Å². The lowest BCUT2D eigenvalue weighted by atomic mass is 10.1. The molecule has 7 nitrogen and oxygen atoms in total. The highest BCUT2D eigenvalue weighted by Gasteiger charge is 2.38. The number of benzene rings is 1. The number of H-pyrrole nitrogens is 1. The van der Waals surface area contributed by atoms with Crippen molar-refractivity contribution >= 4 is 10.9 Å². The zero-order valence-electron chi connectivity index (χ0n) is 13.7. The highest BCUT2D eigenvalue weighted by molar-refractivity contribution is 5.81. The Morgan fingerprint density at radius 3 is 2.89 bits per heavy atom. The third-order valence-electron chi connectivity index (χ3n) is 3.85. The summed E-state index contributed by atoms with van der Waals surface area (Å²) in [6, 6.07) is 8.78. The first-order valence-corrected chi connectivity index (χ1v) is 7.92. The summed E-state index contributed by atoms with van der Waals surface area (Å²) in [5, 5.41) is 11.3. The molecular formula is C17H12F3N5O2. The van der Waals surface area contributed by atoms with Crippen molar-refractivity contribution < 1.29 is 22.4 Å². The van der Waals surface area contributed by atoms with Crippen LogP contribution >= 0.6 is 0 Å². The SMILES string of the molecule is FC(F)(F)c1nc(-c2ccnc(OCCc3cccc4cn[nH]c34)c2)no1. The Bertz CT molecular complexity index is 1070. The fourth-order valence-electron chi connectivity index (χ4n) is 2.59. The predicted octanol–water partition coefficient (Wildman–Crippen LogP) is 3.65. The molecule has 0 spiro atoms. The smallest absolute Gasteiger partial charge is 0.471 e. The van der Waals surface area contributed by atoms with Gasteiger partial charge >= 0.3 is 12.1 Å². The van der Waals surface area contributed by atoms with Crippen LogP contribution in [0, 0.1) is 0 Å². The van der Waals surface area contributed by atoms with Gasteiger partial charge in [0.15, 0.2) is 0 Å². The van der Waals surface area contributed by atoms with Gasteiger partial charge in [0.05, 0.1) is 18.3 Å². The molecule has 3 heterocycles. The van der Waals surface area contributed by atoms with Crippen molar-refractivity contribution in [1.29, 1.82) is 0 Å². The number of rotatable bonds is 5. The van der Waals surface area contributed by atoms with Gasteiger partial charge in [0.2, 0.25) is 11.7 Å². The van der Waals surface area contributed by atoms with Crippen LogP contribution in [0.15, 0.2) is 47.2 Å². The zero-order valence-corrected chi connectivity index (χ0v) is 13.7. The third-order valence-corrected chi connectivity index (χ3v) is 3.85. The molecule has 0 bridgehead atoms. The average molecular weight is 375 g/mol. The van der Waals surface area contributed by atoms with E-state index in [1.807, 2.05) is 18.2 Å². The Kier molecular flexibility index (Phi) is 4.22. The molecule has 138 valence electrons. The number of hydrogen-bond donors (Lipinski definition) is 1. The van der Waals surface area contributed by atoms with Crippen LogP contribution in [0.1, 0.15) is 11.5 Å². The lowest BCUT2D eigenvalue weighted by Gasteiger charge is -2.06. The summed E-state index contributed by atoms with van der Waals surface area (Å²) < 4.78 is 47.6. The largest absolute Gasteiger partial charge is 0.477 e. The van der Waals surface area contributed by atoms with Crippen molar-refractivity contribution in [2.45, 2.75) is 12.6 Å². The number of pyridine rings is 1. The Morgan fingerprint density at radius 1 is 1.19 bits per heavy atom. The van der Waals surface area contributed by atoms with E-state index in [0.29, 0.717) is 18.6 Å². The molecule has 0 atom stereocenters. The number of halogens is 3. The van der Waals surface area contributed by atoms with Crippen molar-refractivity contribution in [3.05, 3.63) is 54.2 Å². The minimum absolute atomic E-state index is 0.184. The number of hydrogen-bond acceptors (Lipinski definition) is 6. The van der Waals surface area contributed by atoms with Crippen molar-refractivity contribution in [3.63, 3.8) is 0 Å².